The van der Waals surface area contributed by atoms with Gasteiger partial charge in [-0.3, -0.25) is 14.4 Å². The number of allylic oxidation sites excluding steroid dienone is 4. The maximum atomic E-state index is 12.8. The van der Waals surface area contributed by atoms with Gasteiger partial charge in [-0.15, -0.1) is 0 Å². The van der Waals surface area contributed by atoms with Crippen molar-refractivity contribution in [3.8, 4) is 0 Å². The number of carbonyl (C=O) groups is 3. The first kappa shape index (κ1) is 69.9. The maximum absolute atomic E-state index is 12.8. The van der Waals surface area contributed by atoms with Gasteiger partial charge in [0.2, 0.25) is 0 Å². The van der Waals surface area contributed by atoms with Crippen LogP contribution < -0.4 is 0 Å². The van der Waals surface area contributed by atoms with Crippen LogP contribution in [0.1, 0.15) is 361 Å². The molecule has 6 nitrogen and oxygen atoms in total. The van der Waals surface area contributed by atoms with E-state index in [0.29, 0.717) is 19.3 Å². The summed E-state index contributed by atoms with van der Waals surface area (Å²) in [5.74, 6) is -0.870. The average molecular weight is 1010 g/mol. The molecule has 0 heterocycles. The molecule has 72 heavy (non-hydrogen) atoms. The van der Waals surface area contributed by atoms with Gasteiger partial charge in [0, 0.05) is 19.3 Å². The highest BCUT2D eigenvalue weighted by molar-refractivity contribution is 5.71. The van der Waals surface area contributed by atoms with Crippen molar-refractivity contribution in [2.24, 2.45) is 0 Å². The van der Waals surface area contributed by atoms with E-state index in [1.54, 1.807) is 0 Å². The standard InChI is InChI=1S/C66H124O6/c1-4-7-10-13-16-18-20-22-23-24-25-26-27-28-29-30-31-32-33-34-35-36-37-38-39-40-41-42-43-45-46-48-50-53-56-59-65(68)71-62-63(61-70-64(67)58-55-52-15-12-9-6-3)72-66(69)60-57-54-51-49-47-44-21-19-17-14-11-8-5-2/h19,21,24-25,63H,4-18,20,22-23,26-62H2,1-3H3/b21-19-,25-24-. The van der Waals surface area contributed by atoms with Gasteiger partial charge in [0.05, 0.1) is 0 Å². The first-order valence-corrected chi connectivity index (χ1v) is 32.3. The first-order chi connectivity index (χ1) is 35.5. The van der Waals surface area contributed by atoms with E-state index in [-0.39, 0.29) is 31.1 Å². The van der Waals surface area contributed by atoms with Crippen LogP contribution in [-0.4, -0.2) is 37.2 Å². The maximum Gasteiger partial charge on any atom is 0.306 e. The van der Waals surface area contributed by atoms with Crippen LogP contribution in [0.5, 0.6) is 0 Å². The molecule has 0 aliphatic heterocycles. The number of hydrogen-bond donors (Lipinski definition) is 0. The Morgan fingerprint density at radius 1 is 0.264 bits per heavy atom. The fraction of sp³-hybridized carbons (Fsp3) is 0.894. The minimum absolute atomic E-state index is 0.0699. The zero-order chi connectivity index (χ0) is 52.2. The molecule has 0 radical (unpaired) electrons. The lowest BCUT2D eigenvalue weighted by molar-refractivity contribution is -0.167. The second-order valence-corrected chi connectivity index (χ2v) is 22.0. The molecule has 0 aromatic carbocycles. The lowest BCUT2D eigenvalue weighted by Crippen LogP contribution is -2.30. The monoisotopic (exact) mass is 1010 g/mol. The summed E-state index contributed by atoms with van der Waals surface area (Å²) < 4.78 is 16.8. The molecule has 0 spiro atoms. The van der Waals surface area contributed by atoms with Gasteiger partial charge in [-0.05, 0) is 70.6 Å². The van der Waals surface area contributed by atoms with Crippen molar-refractivity contribution in [1.82, 2.24) is 0 Å². The molecular formula is C66H124O6. The number of esters is 3. The highest BCUT2D eigenvalue weighted by Crippen LogP contribution is 2.18. The van der Waals surface area contributed by atoms with Crippen LogP contribution in [0.25, 0.3) is 0 Å². The minimum Gasteiger partial charge on any atom is -0.462 e. The molecule has 6 heteroatoms. The van der Waals surface area contributed by atoms with Crippen molar-refractivity contribution in [3.05, 3.63) is 24.3 Å². The van der Waals surface area contributed by atoms with Crippen LogP contribution in [-0.2, 0) is 28.6 Å². The summed E-state index contributed by atoms with van der Waals surface area (Å²) >= 11 is 0. The molecule has 424 valence electrons. The Morgan fingerprint density at radius 2 is 0.458 bits per heavy atom. The van der Waals surface area contributed by atoms with Crippen molar-refractivity contribution < 1.29 is 28.6 Å². The van der Waals surface area contributed by atoms with E-state index in [1.807, 2.05) is 0 Å². The molecule has 0 fully saturated rings. The van der Waals surface area contributed by atoms with Crippen molar-refractivity contribution in [2.45, 2.75) is 367 Å². The van der Waals surface area contributed by atoms with E-state index in [2.05, 4.69) is 45.1 Å². The molecule has 0 aromatic rings. The number of ether oxygens (including phenoxy) is 3. The molecule has 0 bridgehead atoms. The molecule has 0 saturated carbocycles. The molecule has 0 aliphatic carbocycles. The molecule has 1 unspecified atom stereocenters. The van der Waals surface area contributed by atoms with Gasteiger partial charge in [0.15, 0.2) is 6.10 Å². The van der Waals surface area contributed by atoms with E-state index in [4.69, 9.17) is 14.2 Å². The zero-order valence-electron chi connectivity index (χ0n) is 48.7. The molecule has 0 rings (SSSR count). The van der Waals surface area contributed by atoms with Crippen LogP contribution in [0, 0.1) is 0 Å². The number of carbonyl (C=O) groups excluding carboxylic acids is 3. The number of hydrogen-bond acceptors (Lipinski definition) is 6. The molecule has 0 amide bonds. The third-order valence-electron chi connectivity index (χ3n) is 14.7. The smallest absolute Gasteiger partial charge is 0.306 e. The second-order valence-electron chi connectivity index (χ2n) is 22.0. The van der Waals surface area contributed by atoms with Crippen LogP contribution in [0.2, 0.25) is 0 Å². The summed E-state index contributed by atoms with van der Waals surface area (Å²) in [6.07, 6.45) is 74.0. The van der Waals surface area contributed by atoms with Crippen LogP contribution in [0.15, 0.2) is 24.3 Å². The van der Waals surface area contributed by atoms with E-state index in [9.17, 15) is 14.4 Å². The highest BCUT2D eigenvalue weighted by atomic mass is 16.6. The fourth-order valence-corrected chi connectivity index (χ4v) is 9.79. The Balaban J connectivity index is 3.84. The Labute approximate surface area is 449 Å². The Hall–Kier alpha value is -2.11. The number of rotatable bonds is 60. The number of unbranched alkanes of at least 4 members (excludes halogenated alkanes) is 45. The minimum atomic E-state index is -0.768. The van der Waals surface area contributed by atoms with E-state index < -0.39 is 6.10 Å². The quantitative estimate of drug-likeness (QED) is 0.0261. The zero-order valence-corrected chi connectivity index (χ0v) is 48.7. The molecule has 0 aromatic heterocycles. The molecule has 0 saturated heterocycles. The van der Waals surface area contributed by atoms with Crippen molar-refractivity contribution in [2.75, 3.05) is 13.2 Å². The van der Waals surface area contributed by atoms with Crippen molar-refractivity contribution in [3.63, 3.8) is 0 Å². The Bertz CT molecular complexity index is 1160. The largest absolute Gasteiger partial charge is 0.462 e. The predicted octanol–water partition coefficient (Wildman–Crippen LogP) is 21.8. The summed E-state index contributed by atoms with van der Waals surface area (Å²) in [5.41, 5.74) is 0. The normalized spacial score (nSPS) is 12.1. The topological polar surface area (TPSA) is 78.9 Å². The van der Waals surface area contributed by atoms with Gasteiger partial charge < -0.3 is 14.2 Å². The van der Waals surface area contributed by atoms with E-state index in [0.717, 1.165) is 64.2 Å². The lowest BCUT2D eigenvalue weighted by atomic mass is 10.0. The third-order valence-corrected chi connectivity index (χ3v) is 14.7. The Kier molecular flexibility index (Phi) is 59.6. The van der Waals surface area contributed by atoms with Gasteiger partial charge >= 0.3 is 17.9 Å². The predicted molar refractivity (Wildman–Crippen MR) is 312 cm³/mol. The SMILES string of the molecule is CCCCCC/C=C\CCCCCCCC(=O)OC(COC(=O)CCCCCCCC)COC(=O)CCCCCCCCCCCCCCCCCCCCCCCCC/C=C\CCCCCCCCCC. The Morgan fingerprint density at radius 3 is 0.708 bits per heavy atom. The van der Waals surface area contributed by atoms with Gasteiger partial charge in [-0.2, -0.15) is 0 Å². The van der Waals surface area contributed by atoms with Crippen LogP contribution in [0.3, 0.4) is 0 Å². The van der Waals surface area contributed by atoms with Gasteiger partial charge in [0.25, 0.3) is 0 Å². The van der Waals surface area contributed by atoms with Gasteiger partial charge in [0.1, 0.15) is 13.2 Å². The average Bonchev–Trinajstić information content (AvgIpc) is 3.38. The van der Waals surface area contributed by atoms with Gasteiger partial charge in [-0.25, -0.2) is 0 Å². The van der Waals surface area contributed by atoms with Gasteiger partial charge in [-0.1, -0.05) is 295 Å². The summed E-state index contributed by atoms with van der Waals surface area (Å²) in [4.78, 5) is 37.8. The second kappa shape index (κ2) is 61.4. The van der Waals surface area contributed by atoms with Crippen molar-refractivity contribution >= 4 is 17.9 Å². The molecule has 0 aliphatic rings. The summed E-state index contributed by atoms with van der Waals surface area (Å²) in [6, 6.07) is 0. The first-order valence-electron chi connectivity index (χ1n) is 32.3. The summed E-state index contributed by atoms with van der Waals surface area (Å²) in [7, 11) is 0. The van der Waals surface area contributed by atoms with E-state index in [1.165, 1.54) is 257 Å². The van der Waals surface area contributed by atoms with Crippen molar-refractivity contribution in [1.29, 1.82) is 0 Å². The van der Waals surface area contributed by atoms with Crippen LogP contribution in [0.4, 0.5) is 0 Å². The highest BCUT2D eigenvalue weighted by Gasteiger charge is 2.19. The fourth-order valence-electron chi connectivity index (χ4n) is 9.79. The lowest BCUT2D eigenvalue weighted by Gasteiger charge is -2.18. The third kappa shape index (κ3) is 58.8. The summed E-state index contributed by atoms with van der Waals surface area (Å²) in [5, 5.41) is 0. The molecular weight excluding hydrogens is 889 g/mol. The van der Waals surface area contributed by atoms with Crippen LogP contribution >= 0.6 is 0 Å². The van der Waals surface area contributed by atoms with E-state index >= 15 is 0 Å². The molecule has 1 atom stereocenters. The summed E-state index contributed by atoms with van der Waals surface area (Å²) in [6.45, 7) is 6.60. The molecule has 0 N–H and O–H groups in total.